The summed E-state index contributed by atoms with van der Waals surface area (Å²) in [5.74, 6) is 0.918. The largest absolute Gasteiger partial charge is 0.492 e. The van der Waals surface area contributed by atoms with E-state index >= 15 is 0 Å². The third kappa shape index (κ3) is 7.59. The summed E-state index contributed by atoms with van der Waals surface area (Å²) in [7, 11) is -3.09. The van der Waals surface area contributed by atoms with Crippen LogP contribution >= 0.6 is 11.6 Å². The van der Waals surface area contributed by atoms with Crippen LogP contribution in [-0.4, -0.2) is 39.5 Å². The summed E-state index contributed by atoms with van der Waals surface area (Å²) in [4.78, 5) is 12.3. The molecule has 2 rings (SSSR count). The summed E-state index contributed by atoms with van der Waals surface area (Å²) < 4.78 is 33.5. The van der Waals surface area contributed by atoms with Crippen molar-refractivity contribution in [2.75, 3.05) is 30.5 Å². The minimum Gasteiger partial charge on any atom is -0.492 e. The number of carbonyl (C=O) groups excluding carboxylic acids is 1. The first kappa shape index (κ1) is 23.0. The van der Waals surface area contributed by atoms with Gasteiger partial charge < -0.3 is 14.8 Å². The fourth-order valence-electron chi connectivity index (χ4n) is 2.56. The number of hydrogen-bond donors (Lipinski definition) is 1. The highest BCUT2D eigenvalue weighted by Crippen LogP contribution is 2.32. The van der Waals surface area contributed by atoms with Crippen LogP contribution in [0.3, 0.4) is 0 Å². The molecule has 1 N–H and O–H groups in total. The zero-order valence-corrected chi connectivity index (χ0v) is 18.6. The molecule has 6 nitrogen and oxygen atoms in total. The van der Waals surface area contributed by atoms with E-state index in [1.165, 1.54) is 0 Å². The monoisotopic (exact) mass is 439 g/mol. The van der Waals surface area contributed by atoms with E-state index in [1.54, 1.807) is 24.3 Å². The Morgan fingerprint density at radius 2 is 1.90 bits per heavy atom. The molecule has 0 fully saturated rings. The predicted molar refractivity (Wildman–Crippen MR) is 116 cm³/mol. The molecule has 0 spiro atoms. The normalized spacial score (nSPS) is 11.4. The summed E-state index contributed by atoms with van der Waals surface area (Å²) >= 11 is 6.20. The highest BCUT2D eigenvalue weighted by molar-refractivity contribution is 7.90. The fraction of sp³-hybridized carbons (Fsp3) is 0.381. The van der Waals surface area contributed by atoms with E-state index in [1.807, 2.05) is 32.9 Å². The average Bonchev–Trinajstić information content (AvgIpc) is 2.61. The fourth-order valence-corrected chi connectivity index (χ4v) is 3.12. The van der Waals surface area contributed by atoms with Crippen molar-refractivity contribution < 1.29 is 22.7 Å². The second-order valence-electron chi connectivity index (χ2n) is 7.14. The number of anilines is 1. The number of aryl methyl sites for hydroxylation is 1. The van der Waals surface area contributed by atoms with Gasteiger partial charge >= 0.3 is 0 Å². The first-order valence-electron chi connectivity index (χ1n) is 9.18. The Kier molecular flexibility index (Phi) is 7.93. The SMILES string of the molecule is Cc1cc(OCC(=O)Nc2cccc(OCCS(C)(=O)=O)c2)c(C(C)C)cc1Cl. The minimum atomic E-state index is -3.09. The molecule has 0 saturated heterocycles. The van der Waals surface area contributed by atoms with Crippen LogP contribution in [0.4, 0.5) is 5.69 Å². The van der Waals surface area contributed by atoms with Gasteiger partial charge in [0.2, 0.25) is 0 Å². The third-order valence-corrected chi connectivity index (χ3v) is 5.43. The van der Waals surface area contributed by atoms with Crippen LogP contribution in [0, 0.1) is 6.92 Å². The first-order chi connectivity index (χ1) is 13.5. The van der Waals surface area contributed by atoms with Crippen LogP contribution in [0.2, 0.25) is 5.02 Å². The summed E-state index contributed by atoms with van der Waals surface area (Å²) in [6.45, 7) is 5.84. The lowest BCUT2D eigenvalue weighted by molar-refractivity contribution is -0.118. The van der Waals surface area contributed by atoms with Gasteiger partial charge in [0.15, 0.2) is 16.4 Å². The summed E-state index contributed by atoms with van der Waals surface area (Å²) in [5, 5.41) is 3.41. The van der Waals surface area contributed by atoms with Gasteiger partial charge in [0.1, 0.15) is 18.1 Å². The molecule has 158 valence electrons. The molecule has 29 heavy (non-hydrogen) atoms. The van der Waals surface area contributed by atoms with Gasteiger partial charge in [-0.3, -0.25) is 4.79 Å². The van der Waals surface area contributed by atoms with Crippen LogP contribution < -0.4 is 14.8 Å². The van der Waals surface area contributed by atoms with Crippen molar-refractivity contribution in [1.82, 2.24) is 0 Å². The van der Waals surface area contributed by atoms with Gasteiger partial charge in [0, 0.05) is 23.0 Å². The number of carbonyl (C=O) groups is 1. The van der Waals surface area contributed by atoms with Crippen molar-refractivity contribution in [3.8, 4) is 11.5 Å². The molecular weight excluding hydrogens is 414 g/mol. The maximum atomic E-state index is 12.3. The molecule has 0 saturated carbocycles. The van der Waals surface area contributed by atoms with E-state index in [0.29, 0.717) is 22.2 Å². The van der Waals surface area contributed by atoms with Gasteiger partial charge in [-0.25, -0.2) is 8.42 Å². The lowest BCUT2D eigenvalue weighted by Gasteiger charge is -2.16. The molecule has 1 amide bonds. The number of hydrogen-bond acceptors (Lipinski definition) is 5. The maximum Gasteiger partial charge on any atom is 0.262 e. The smallest absolute Gasteiger partial charge is 0.262 e. The number of benzene rings is 2. The molecule has 0 heterocycles. The lowest BCUT2D eigenvalue weighted by Crippen LogP contribution is -2.20. The summed E-state index contributed by atoms with van der Waals surface area (Å²) in [6.07, 6.45) is 1.15. The van der Waals surface area contributed by atoms with Crippen molar-refractivity contribution in [3.63, 3.8) is 0 Å². The second-order valence-corrected chi connectivity index (χ2v) is 9.80. The number of ether oxygens (including phenoxy) is 2. The van der Waals surface area contributed by atoms with Crippen molar-refractivity contribution in [2.24, 2.45) is 0 Å². The van der Waals surface area contributed by atoms with Crippen molar-refractivity contribution in [3.05, 3.63) is 52.5 Å². The first-order valence-corrected chi connectivity index (χ1v) is 11.6. The molecule has 2 aromatic rings. The van der Waals surface area contributed by atoms with Gasteiger partial charge in [0.05, 0.1) is 5.75 Å². The number of halogens is 1. The number of amides is 1. The molecule has 0 atom stereocenters. The zero-order chi connectivity index (χ0) is 21.6. The molecule has 0 aliphatic heterocycles. The molecule has 2 aromatic carbocycles. The highest BCUT2D eigenvalue weighted by Gasteiger charge is 2.13. The number of rotatable bonds is 9. The van der Waals surface area contributed by atoms with Crippen LogP contribution in [-0.2, 0) is 14.6 Å². The van der Waals surface area contributed by atoms with Crippen molar-refractivity contribution in [1.29, 1.82) is 0 Å². The maximum absolute atomic E-state index is 12.3. The molecule has 0 aliphatic carbocycles. The average molecular weight is 440 g/mol. The zero-order valence-electron chi connectivity index (χ0n) is 17.0. The van der Waals surface area contributed by atoms with E-state index in [2.05, 4.69) is 5.32 Å². The van der Waals surface area contributed by atoms with Gasteiger partial charge in [-0.15, -0.1) is 0 Å². The van der Waals surface area contributed by atoms with Gasteiger partial charge in [-0.1, -0.05) is 31.5 Å². The quantitative estimate of drug-likeness (QED) is 0.632. The van der Waals surface area contributed by atoms with Gasteiger partial charge in [-0.05, 0) is 48.2 Å². The van der Waals surface area contributed by atoms with E-state index < -0.39 is 9.84 Å². The lowest BCUT2D eigenvalue weighted by atomic mass is 10.0. The Bertz CT molecular complexity index is 973. The molecule has 0 aliphatic rings. The van der Waals surface area contributed by atoms with E-state index in [9.17, 15) is 13.2 Å². The molecule has 0 radical (unpaired) electrons. The highest BCUT2D eigenvalue weighted by atomic mass is 35.5. The standard InChI is InChI=1S/C21H26ClNO5S/c1-14(2)18-12-19(22)15(3)10-20(18)28-13-21(24)23-16-6-5-7-17(11-16)27-8-9-29(4,25)26/h5-7,10-12,14H,8-9,13H2,1-4H3,(H,23,24). The Labute approximate surface area is 177 Å². The Morgan fingerprint density at radius 3 is 2.55 bits per heavy atom. The van der Waals surface area contributed by atoms with E-state index in [0.717, 1.165) is 17.4 Å². The van der Waals surface area contributed by atoms with Crippen LogP contribution in [0.5, 0.6) is 11.5 Å². The number of nitrogens with one attached hydrogen (secondary N) is 1. The Hall–Kier alpha value is -2.25. The van der Waals surface area contributed by atoms with E-state index in [-0.39, 0.29) is 30.8 Å². The van der Waals surface area contributed by atoms with Crippen LogP contribution in [0.1, 0.15) is 30.9 Å². The van der Waals surface area contributed by atoms with Crippen LogP contribution in [0.25, 0.3) is 0 Å². The second kappa shape index (κ2) is 9.98. The van der Waals surface area contributed by atoms with Crippen molar-refractivity contribution in [2.45, 2.75) is 26.7 Å². The molecule has 8 heteroatoms. The summed E-state index contributed by atoms with van der Waals surface area (Å²) in [5.41, 5.74) is 2.35. The third-order valence-electron chi connectivity index (χ3n) is 4.11. The molecular formula is C21H26ClNO5S. The Morgan fingerprint density at radius 1 is 1.17 bits per heavy atom. The van der Waals surface area contributed by atoms with E-state index in [4.69, 9.17) is 21.1 Å². The summed E-state index contributed by atoms with van der Waals surface area (Å²) in [6, 6.07) is 10.5. The molecule has 0 aromatic heterocycles. The Balaban J connectivity index is 1.96. The van der Waals surface area contributed by atoms with Gasteiger partial charge in [-0.2, -0.15) is 0 Å². The van der Waals surface area contributed by atoms with Crippen LogP contribution in [0.15, 0.2) is 36.4 Å². The number of sulfone groups is 1. The topological polar surface area (TPSA) is 81.7 Å². The van der Waals surface area contributed by atoms with Gasteiger partial charge in [0.25, 0.3) is 5.91 Å². The predicted octanol–water partition coefficient (Wildman–Crippen LogP) is 4.21. The minimum absolute atomic E-state index is 0.0489. The molecule has 0 bridgehead atoms. The molecule has 0 unspecified atom stereocenters. The van der Waals surface area contributed by atoms with Crippen molar-refractivity contribution >= 4 is 33.0 Å².